The standard InChI is InChI=1S/C22H19F5/c1-2-13-9-18(23)17(19(24)10-13)8-5-14-3-6-15(7-4-14)16-11-20(25)22(27)21(26)12-16/h9-12,14-15H,2-4,6-7H2,1H3. The summed E-state index contributed by atoms with van der Waals surface area (Å²) in [5.74, 6) is 0.258. The predicted molar refractivity (Wildman–Crippen MR) is 93.6 cm³/mol. The number of hydrogen-bond donors (Lipinski definition) is 0. The molecule has 0 aliphatic heterocycles. The van der Waals surface area contributed by atoms with Crippen LogP contribution in [0.15, 0.2) is 24.3 Å². The van der Waals surface area contributed by atoms with Gasteiger partial charge in [-0.25, -0.2) is 22.0 Å². The lowest BCUT2D eigenvalue weighted by Gasteiger charge is -2.26. The van der Waals surface area contributed by atoms with Gasteiger partial charge in [-0.1, -0.05) is 18.8 Å². The number of halogens is 5. The molecule has 0 spiro atoms. The second kappa shape index (κ2) is 8.12. The van der Waals surface area contributed by atoms with Gasteiger partial charge >= 0.3 is 0 Å². The maximum atomic E-state index is 14.0. The minimum absolute atomic E-state index is 0.0407. The molecule has 3 rings (SSSR count). The average Bonchev–Trinajstić information content (AvgIpc) is 2.65. The smallest absolute Gasteiger partial charge is 0.194 e. The van der Waals surface area contributed by atoms with Crippen molar-refractivity contribution in [2.75, 3.05) is 0 Å². The molecule has 1 aliphatic carbocycles. The largest absolute Gasteiger partial charge is 0.206 e. The van der Waals surface area contributed by atoms with E-state index in [1.807, 2.05) is 6.92 Å². The summed E-state index contributed by atoms with van der Waals surface area (Å²) >= 11 is 0. The molecular formula is C22H19F5. The third kappa shape index (κ3) is 4.32. The van der Waals surface area contributed by atoms with Gasteiger partial charge in [0.15, 0.2) is 17.5 Å². The molecule has 0 aromatic heterocycles. The highest BCUT2D eigenvalue weighted by Crippen LogP contribution is 2.36. The molecule has 27 heavy (non-hydrogen) atoms. The van der Waals surface area contributed by atoms with Gasteiger partial charge < -0.3 is 0 Å². The van der Waals surface area contributed by atoms with Crippen LogP contribution in [0.4, 0.5) is 22.0 Å². The fraction of sp³-hybridized carbons (Fsp3) is 0.364. The Bertz CT molecular complexity index is 853. The molecule has 0 nitrogen and oxygen atoms in total. The van der Waals surface area contributed by atoms with Gasteiger partial charge in [0.1, 0.15) is 11.6 Å². The molecule has 2 aromatic carbocycles. The number of hydrogen-bond acceptors (Lipinski definition) is 0. The predicted octanol–water partition coefficient (Wildman–Crippen LogP) is 6.27. The lowest BCUT2D eigenvalue weighted by atomic mass is 9.79. The maximum absolute atomic E-state index is 14.0. The lowest BCUT2D eigenvalue weighted by Crippen LogP contribution is -2.13. The summed E-state index contributed by atoms with van der Waals surface area (Å²) in [7, 11) is 0. The van der Waals surface area contributed by atoms with Crippen LogP contribution in [-0.4, -0.2) is 0 Å². The zero-order valence-corrected chi connectivity index (χ0v) is 14.9. The van der Waals surface area contributed by atoms with Crippen LogP contribution in [0.2, 0.25) is 0 Å². The molecule has 0 heterocycles. The van der Waals surface area contributed by atoms with Crippen molar-refractivity contribution in [3.63, 3.8) is 0 Å². The quantitative estimate of drug-likeness (QED) is 0.328. The molecule has 0 radical (unpaired) electrons. The Balaban J connectivity index is 1.69. The Labute approximate surface area is 155 Å². The van der Waals surface area contributed by atoms with E-state index in [1.165, 1.54) is 12.1 Å². The van der Waals surface area contributed by atoms with Gasteiger partial charge in [-0.3, -0.25) is 0 Å². The summed E-state index contributed by atoms with van der Waals surface area (Å²) in [6, 6.07) is 4.66. The second-order valence-electron chi connectivity index (χ2n) is 6.90. The first-order valence-electron chi connectivity index (χ1n) is 9.03. The van der Waals surface area contributed by atoms with Crippen molar-refractivity contribution in [2.45, 2.75) is 44.9 Å². The average molecular weight is 378 g/mol. The highest BCUT2D eigenvalue weighted by molar-refractivity contribution is 5.39. The number of benzene rings is 2. The van der Waals surface area contributed by atoms with Gasteiger partial charge in [0, 0.05) is 5.92 Å². The first-order chi connectivity index (χ1) is 12.9. The monoisotopic (exact) mass is 378 g/mol. The molecule has 0 N–H and O–H groups in total. The molecule has 0 amide bonds. The number of aryl methyl sites for hydroxylation is 1. The summed E-state index contributed by atoms with van der Waals surface area (Å²) in [5.41, 5.74) is 0.789. The van der Waals surface area contributed by atoms with Crippen LogP contribution in [-0.2, 0) is 6.42 Å². The fourth-order valence-electron chi connectivity index (χ4n) is 3.51. The molecule has 1 saturated carbocycles. The minimum Gasteiger partial charge on any atom is -0.206 e. The summed E-state index contributed by atoms with van der Waals surface area (Å²) in [6.45, 7) is 1.82. The zero-order valence-electron chi connectivity index (χ0n) is 14.9. The molecule has 1 aliphatic rings. The highest BCUT2D eigenvalue weighted by Gasteiger charge is 2.23. The van der Waals surface area contributed by atoms with Gasteiger partial charge in [-0.2, -0.15) is 0 Å². The molecule has 0 bridgehead atoms. The van der Waals surface area contributed by atoms with Gasteiger partial charge in [-0.15, -0.1) is 0 Å². The van der Waals surface area contributed by atoms with Crippen molar-refractivity contribution in [2.24, 2.45) is 5.92 Å². The molecule has 0 atom stereocenters. The summed E-state index contributed by atoms with van der Waals surface area (Å²) in [6.07, 6.45) is 3.09. The van der Waals surface area contributed by atoms with Crippen molar-refractivity contribution < 1.29 is 22.0 Å². The fourth-order valence-corrected chi connectivity index (χ4v) is 3.51. The van der Waals surface area contributed by atoms with E-state index in [2.05, 4.69) is 11.8 Å². The molecule has 2 aromatic rings. The van der Waals surface area contributed by atoms with Crippen LogP contribution < -0.4 is 0 Å². The third-order valence-electron chi connectivity index (χ3n) is 5.12. The molecule has 5 heteroatoms. The minimum atomic E-state index is -1.46. The SMILES string of the molecule is CCc1cc(F)c(C#CC2CCC(c3cc(F)c(F)c(F)c3)CC2)c(F)c1. The highest BCUT2D eigenvalue weighted by atomic mass is 19.2. The van der Waals surface area contributed by atoms with Crippen LogP contribution in [0, 0.1) is 46.8 Å². The van der Waals surface area contributed by atoms with Gasteiger partial charge in [0.25, 0.3) is 0 Å². The van der Waals surface area contributed by atoms with E-state index >= 15 is 0 Å². The van der Waals surface area contributed by atoms with E-state index in [9.17, 15) is 22.0 Å². The Kier molecular flexibility index (Phi) is 5.84. The van der Waals surface area contributed by atoms with Gasteiger partial charge in [0.2, 0.25) is 0 Å². The Hall–Kier alpha value is -2.35. The van der Waals surface area contributed by atoms with Crippen LogP contribution in [0.3, 0.4) is 0 Å². The van der Waals surface area contributed by atoms with E-state index in [0.717, 1.165) is 12.1 Å². The summed E-state index contributed by atoms with van der Waals surface area (Å²) in [4.78, 5) is 0. The van der Waals surface area contributed by atoms with Crippen molar-refractivity contribution in [1.29, 1.82) is 0 Å². The second-order valence-corrected chi connectivity index (χ2v) is 6.90. The zero-order chi connectivity index (χ0) is 19.6. The Morgan fingerprint density at radius 2 is 1.37 bits per heavy atom. The van der Waals surface area contributed by atoms with Crippen LogP contribution >= 0.6 is 0 Å². The van der Waals surface area contributed by atoms with Crippen molar-refractivity contribution in [3.05, 3.63) is 70.0 Å². The normalized spacial score (nSPS) is 19.5. The van der Waals surface area contributed by atoms with Crippen LogP contribution in [0.5, 0.6) is 0 Å². The van der Waals surface area contributed by atoms with Crippen molar-refractivity contribution in [3.8, 4) is 11.8 Å². The molecule has 142 valence electrons. The summed E-state index contributed by atoms with van der Waals surface area (Å²) in [5, 5.41) is 0. The first kappa shape index (κ1) is 19.4. The third-order valence-corrected chi connectivity index (χ3v) is 5.12. The van der Waals surface area contributed by atoms with Crippen LogP contribution in [0.1, 0.15) is 55.2 Å². The van der Waals surface area contributed by atoms with E-state index in [-0.39, 0.29) is 17.4 Å². The molecule has 1 fully saturated rings. The van der Waals surface area contributed by atoms with Crippen LogP contribution in [0.25, 0.3) is 0 Å². The molecule has 0 unspecified atom stereocenters. The van der Waals surface area contributed by atoms with Gasteiger partial charge in [0.05, 0.1) is 5.56 Å². The van der Waals surface area contributed by atoms with E-state index in [1.54, 1.807) is 0 Å². The summed E-state index contributed by atoms with van der Waals surface area (Å²) < 4.78 is 67.9. The molecular weight excluding hydrogens is 359 g/mol. The number of rotatable bonds is 2. The van der Waals surface area contributed by atoms with E-state index in [0.29, 0.717) is 43.2 Å². The first-order valence-corrected chi connectivity index (χ1v) is 9.03. The van der Waals surface area contributed by atoms with Crippen molar-refractivity contribution in [1.82, 2.24) is 0 Å². The maximum Gasteiger partial charge on any atom is 0.194 e. The lowest BCUT2D eigenvalue weighted by molar-refractivity contribution is 0.379. The van der Waals surface area contributed by atoms with Crippen molar-refractivity contribution >= 4 is 0 Å². The molecule has 0 saturated heterocycles. The Morgan fingerprint density at radius 3 is 1.89 bits per heavy atom. The van der Waals surface area contributed by atoms with E-state index < -0.39 is 29.1 Å². The topological polar surface area (TPSA) is 0 Å². The van der Waals surface area contributed by atoms with E-state index in [4.69, 9.17) is 0 Å². The Morgan fingerprint density at radius 1 is 0.815 bits per heavy atom. The van der Waals surface area contributed by atoms with Gasteiger partial charge in [-0.05, 0) is 73.4 Å².